The molecule has 7 heteroatoms. The molecule has 1 aromatic heterocycles. The fourth-order valence-corrected chi connectivity index (χ4v) is 3.69. The fourth-order valence-electron chi connectivity index (χ4n) is 3.23. The van der Waals surface area contributed by atoms with E-state index in [9.17, 15) is 4.79 Å². The number of rotatable bonds is 6. The lowest BCUT2D eigenvalue weighted by molar-refractivity contribution is -0.118. The molecule has 1 atom stereocenters. The van der Waals surface area contributed by atoms with Crippen LogP contribution < -0.4 is 5.32 Å². The van der Waals surface area contributed by atoms with E-state index in [-0.39, 0.29) is 5.91 Å². The summed E-state index contributed by atoms with van der Waals surface area (Å²) in [6.07, 6.45) is 7.47. The summed E-state index contributed by atoms with van der Waals surface area (Å²) in [6.45, 7) is 2.15. The number of aromatic nitrogens is 2. The molecule has 116 valence electrons. The van der Waals surface area contributed by atoms with Gasteiger partial charge >= 0.3 is 0 Å². The molecule has 2 fully saturated rings. The zero-order valence-corrected chi connectivity index (χ0v) is 13.0. The van der Waals surface area contributed by atoms with Crippen LogP contribution in [0.5, 0.6) is 0 Å². The number of nitrogens with zero attached hydrogens (tertiary/aromatic N) is 3. The first-order valence-electron chi connectivity index (χ1n) is 7.73. The third-order valence-electron chi connectivity index (χ3n) is 4.26. The number of carbonyl (C=O) groups is 1. The van der Waals surface area contributed by atoms with Crippen LogP contribution in [-0.2, 0) is 9.53 Å². The summed E-state index contributed by atoms with van der Waals surface area (Å²) in [6, 6.07) is 0.523. The van der Waals surface area contributed by atoms with Gasteiger partial charge in [-0.05, 0) is 25.7 Å². The molecule has 0 radical (unpaired) electrons. The van der Waals surface area contributed by atoms with Crippen LogP contribution in [0.3, 0.4) is 0 Å². The van der Waals surface area contributed by atoms with Crippen molar-refractivity contribution in [2.75, 3.05) is 25.0 Å². The minimum Gasteiger partial charge on any atom is -0.377 e. The minimum atomic E-state index is -0.00310. The van der Waals surface area contributed by atoms with Crippen molar-refractivity contribution in [1.29, 1.82) is 0 Å². The van der Waals surface area contributed by atoms with Crippen LogP contribution >= 0.6 is 11.3 Å². The Hall–Kier alpha value is -1.05. The Morgan fingerprint density at radius 3 is 2.90 bits per heavy atom. The van der Waals surface area contributed by atoms with Crippen molar-refractivity contribution in [2.24, 2.45) is 0 Å². The summed E-state index contributed by atoms with van der Waals surface area (Å²) in [5.41, 5.74) is 1.62. The van der Waals surface area contributed by atoms with E-state index < -0.39 is 0 Å². The number of anilines is 1. The zero-order chi connectivity index (χ0) is 14.5. The van der Waals surface area contributed by atoms with Crippen molar-refractivity contribution >= 4 is 22.4 Å². The molecule has 2 heterocycles. The summed E-state index contributed by atoms with van der Waals surface area (Å²) < 4.78 is 5.74. The summed E-state index contributed by atoms with van der Waals surface area (Å²) in [7, 11) is 0. The quantitative estimate of drug-likeness (QED) is 0.869. The smallest absolute Gasteiger partial charge is 0.240 e. The summed E-state index contributed by atoms with van der Waals surface area (Å²) >= 11 is 1.35. The normalized spacial score (nSPS) is 23.0. The number of amides is 1. The number of hydrogen-bond donors (Lipinski definition) is 1. The second-order valence-corrected chi connectivity index (χ2v) is 6.63. The van der Waals surface area contributed by atoms with Gasteiger partial charge < -0.3 is 4.74 Å². The number of nitrogens with one attached hydrogen (secondary N) is 1. The Bertz CT molecular complexity index is 442. The van der Waals surface area contributed by atoms with Crippen LogP contribution in [0, 0.1) is 0 Å². The van der Waals surface area contributed by atoms with Crippen molar-refractivity contribution in [3.8, 4) is 0 Å². The highest BCUT2D eigenvalue weighted by atomic mass is 32.1. The lowest BCUT2D eigenvalue weighted by atomic mass is 10.1. The maximum Gasteiger partial charge on any atom is 0.240 e. The van der Waals surface area contributed by atoms with Crippen LogP contribution in [0.15, 0.2) is 5.51 Å². The monoisotopic (exact) mass is 310 g/mol. The van der Waals surface area contributed by atoms with E-state index in [4.69, 9.17) is 4.74 Å². The van der Waals surface area contributed by atoms with Crippen molar-refractivity contribution in [3.63, 3.8) is 0 Å². The van der Waals surface area contributed by atoms with E-state index in [0.29, 0.717) is 23.8 Å². The molecule has 3 rings (SSSR count). The lowest BCUT2D eigenvalue weighted by Crippen LogP contribution is -2.43. The highest BCUT2D eigenvalue weighted by Gasteiger charge is 2.28. The fraction of sp³-hybridized carbons (Fsp3) is 0.786. The molecule has 1 amide bonds. The Balaban J connectivity index is 1.56. The third-order valence-corrected chi connectivity index (χ3v) is 4.86. The molecule has 0 unspecified atom stereocenters. The van der Waals surface area contributed by atoms with Crippen molar-refractivity contribution in [2.45, 2.75) is 50.7 Å². The summed E-state index contributed by atoms with van der Waals surface area (Å²) in [5.74, 6) is -0.00310. The second kappa shape index (κ2) is 7.29. The van der Waals surface area contributed by atoms with Gasteiger partial charge in [0.1, 0.15) is 5.51 Å². The summed E-state index contributed by atoms with van der Waals surface area (Å²) in [5, 5.41) is 11.0. The number of carbonyl (C=O) groups excluding carboxylic acids is 1. The van der Waals surface area contributed by atoms with Crippen LogP contribution in [0.1, 0.15) is 38.5 Å². The van der Waals surface area contributed by atoms with Crippen LogP contribution in [-0.4, -0.2) is 52.8 Å². The van der Waals surface area contributed by atoms with Gasteiger partial charge in [0.05, 0.1) is 12.6 Å². The van der Waals surface area contributed by atoms with Gasteiger partial charge in [-0.1, -0.05) is 24.2 Å². The molecule has 0 spiro atoms. The van der Waals surface area contributed by atoms with Crippen molar-refractivity contribution in [3.05, 3.63) is 5.51 Å². The lowest BCUT2D eigenvalue weighted by Gasteiger charge is -2.30. The maximum absolute atomic E-state index is 12.2. The molecule has 6 nitrogen and oxygen atoms in total. The van der Waals surface area contributed by atoms with Gasteiger partial charge in [-0.2, -0.15) is 0 Å². The maximum atomic E-state index is 12.2. The summed E-state index contributed by atoms with van der Waals surface area (Å²) in [4.78, 5) is 14.5. The van der Waals surface area contributed by atoms with Gasteiger partial charge in [0.25, 0.3) is 0 Å². The molecule has 0 bridgehead atoms. The molecular weight excluding hydrogens is 288 g/mol. The molecule has 1 aliphatic heterocycles. The average molecular weight is 310 g/mol. The molecule has 1 N–H and O–H groups in total. The topological polar surface area (TPSA) is 67.3 Å². The minimum absolute atomic E-state index is 0.00310. The SMILES string of the molecule is O=C(CN(C[C@H]1CCCO1)C1CCCC1)Nc1nncs1. The van der Waals surface area contributed by atoms with Crippen LogP contribution in [0.25, 0.3) is 0 Å². The van der Waals surface area contributed by atoms with Crippen molar-refractivity contribution in [1.82, 2.24) is 15.1 Å². The van der Waals surface area contributed by atoms with Crippen LogP contribution in [0.4, 0.5) is 5.13 Å². The molecular formula is C14H22N4O2S. The highest BCUT2D eigenvalue weighted by molar-refractivity contribution is 7.13. The largest absolute Gasteiger partial charge is 0.377 e. The molecule has 2 aliphatic rings. The van der Waals surface area contributed by atoms with Crippen LogP contribution in [0.2, 0.25) is 0 Å². The standard InChI is InChI=1S/C14H22N4O2S/c19-13(16-14-17-15-10-21-14)9-18(11-4-1-2-5-11)8-12-6-3-7-20-12/h10-12H,1-9H2,(H,16,17,19)/t12-/m1/s1. The average Bonchev–Trinajstić information content (AvgIpc) is 3.22. The predicted molar refractivity (Wildman–Crippen MR) is 81.3 cm³/mol. The van der Waals surface area contributed by atoms with Gasteiger partial charge in [-0.3, -0.25) is 15.0 Å². The van der Waals surface area contributed by atoms with E-state index in [1.807, 2.05) is 0 Å². The molecule has 21 heavy (non-hydrogen) atoms. The molecule has 1 saturated carbocycles. The number of hydrogen-bond acceptors (Lipinski definition) is 6. The van der Waals surface area contributed by atoms with E-state index >= 15 is 0 Å². The van der Waals surface area contributed by atoms with E-state index in [0.717, 1.165) is 26.0 Å². The first-order valence-corrected chi connectivity index (χ1v) is 8.61. The van der Waals surface area contributed by atoms with Gasteiger partial charge in [0, 0.05) is 19.2 Å². The van der Waals surface area contributed by atoms with Gasteiger partial charge in [-0.25, -0.2) is 0 Å². The van der Waals surface area contributed by atoms with E-state index in [1.165, 1.54) is 37.0 Å². The Morgan fingerprint density at radius 2 is 2.24 bits per heavy atom. The molecule has 1 aromatic rings. The highest BCUT2D eigenvalue weighted by Crippen LogP contribution is 2.25. The van der Waals surface area contributed by atoms with Crippen molar-refractivity contribution < 1.29 is 9.53 Å². The predicted octanol–water partition coefficient (Wildman–Crippen LogP) is 1.90. The molecule has 1 aliphatic carbocycles. The molecule has 1 saturated heterocycles. The first kappa shape index (κ1) is 14.9. The van der Waals surface area contributed by atoms with Gasteiger partial charge in [0.2, 0.25) is 11.0 Å². The first-order chi connectivity index (χ1) is 10.3. The van der Waals surface area contributed by atoms with Gasteiger partial charge in [0.15, 0.2) is 0 Å². The second-order valence-electron chi connectivity index (χ2n) is 5.79. The third kappa shape index (κ3) is 4.21. The van der Waals surface area contributed by atoms with E-state index in [1.54, 1.807) is 5.51 Å². The Labute approximate surface area is 128 Å². The van der Waals surface area contributed by atoms with E-state index in [2.05, 4.69) is 20.4 Å². The van der Waals surface area contributed by atoms with Gasteiger partial charge in [-0.15, -0.1) is 10.2 Å². The number of ether oxygens (including phenoxy) is 1. The Kier molecular flexibility index (Phi) is 5.16. The zero-order valence-electron chi connectivity index (χ0n) is 12.2. The molecule has 0 aromatic carbocycles. The Morgan fingerprint density at radius 1 is 1.38 bits per heavy atom.